The minimum atomic E-state index is -0.237. The Morgan fingerprint density at radius 3 is 2.89 bits per heavy atom. The summed E-state index contributed by atoms with van der Waals surface area (Å²) in [5.41, 5.74) is 7.38. The van der Waals surface area contributed by atoms with Crippen LogP contribution in [0.2, 0.25) is 0 Å². The van der Waals surface area contributed by atoms with E-state index in [9.17, 15) is 4.79 Å². The van der Waals surface area contributed by atoms with Crippen LogP contribution in [0.1, 0.15) is 5.69 Å². The van der Waals surface area contributed by atoms with E-state index in [0.717, 1.165) is 5.69 Å². The van der Waals surface area contributed by atoms with Crippen molar-refractivity contribution in [2.45, 2.75) is 6.92 Å². The van der Waals surface area contributed by atoms with Gasteiger partial charge >= 0.3 is 0 Å². The van der Waals surface area contributed by atoms with Crippen LogP contribution in [0, 0.1) is 6.92 Å². The van der Waals surface area contributed by atoms with Gasteiger partial charge in [0, 0.05) is 17.8 Å². The largest absolute Gasteiger partial charge is 0.435 e. The van der Waals surface area contributed by atoms with E-state index in [1.807, 2.05) is 6.92 Å². The average molecular weight is 257 g/mol. The number of H-pyrrole nitrogens is 2. The average Bonchev–Trinajstić information content (AvgIpc) is 2.77. The van der Waals surface area contributed by atoms with E-state index in [1.54, 1.807) is 12.1 Å². The minimum Gasteiger partial charge on any atom is -0.435 e. The Labute approximate surface area is 107 Å². The monoisotopic (exact) mass is 257 g/mol. The zero-order valence-electron chi connectivity index (χ0n) is 10.1. The molecule has 0 saturated carbocycles. The summed E-state index contributed by atoms with van der Waals surface area (Å²) in [6.45, 7) is 1.87. The molecule has 0 atom stereocenters. The normalized spacial score (nSPS) is 10.8. The Bertz CT molecular complexity index is 805. The molecule has 7 heteroatoms. The third-order valence-electron chi connectivity index (χ3n) is 2.67. The maximum atomic E-state index is 11.6. The third-order valence-corrected chi connectivity index (χ3v) is 2.67. The van der Waals surface area contributed by atoms with Gasteiger partial charge in [-0.25, -0.2) is 4.98 Å². The van der Waals surface area contributed by atoms with Gasteiger partial charge in [0.05, 0.1) is 22.9 Å². The van der Waals surface area contributed by atoms with Gasteiger partial charge in [0.25, 0.3) is 5.56 Å². The highest BCUT2D eigenvalue weighted by atomic mass is 16.5. The Balaban J connectivity index is 2.09. The molecule has 3 rings (SSSR count). The summed E-state index contributed by atoms with van der Waals surface area (Å²) in [4.78, 5) is 18.2. The van der Waals surface area contributed by atoms with E-state index >= 15 is 0 Å². The van der Waals surface area contributed by atoms with E-state index in [0.29, 0.717) is 28.2 Å². The number of nitrogens with zero attached hydrogens (tertiary/aromatic N) is 2. The molecule has 7 nitrogen and oxygen atoms in total. The number of hydrogen-bond donors (Lipinski definition) is 3. The maximum Gasteiger partial charge on any atom is 0.258 e. The van der Waals surface area contributed by atoms with E-state index < -0.39 is 0 Å². The lowest BCUT2D eigenvalue weighted by Gasteiger charge is -2.06. The topological polar surface area (TPSA) is 110 Å². The number of hydrogen-bond acceptors (Lipinski definition) is 5. The van der Waals surface area contributed by atoms with Crippen molar-refractivity contribution >= 4 is 16.6 Å². The molecule has 1 aromatic carbocycles. The molecule has 0 amide bonds. The van der Waals surface area contributed by atoms with E-state index in [-0.39, 0.29) is 5.56 Å². The lowest BCUT2D eigenvalue weighted by atomic mass is 10.2. The van der Waals surface area contributed by atoms with E-state index in [4.69, 9.17) is 10.5 Å². The molecule has 0 radical (unpaired) electrons. The van der Waals surface area contributed by atoms with Crippen LogP contribution in [0.15, 0.2) is 29.3 Å². The van der Waals surface area contributed by atoms with Crippen LogP contribution in [0.5, 0.6) is 11.6 Å². The molecule has 19 heavy (non-hydrogen) atoms. The van der Waals surface area contributed by atoms with Gasteiger partial charge in [0.2, 0.25) is 5.88 Å². The van der Waals surface area contributed by atoms with Crippen LogP contribution in [0.3, 0.4) is 0 Å². The number of benzene rings is 1. The second kappa shape index (κ2) is 4.13. The first kappa shape index (κ1) is 11.3. The molecule has 2 heterocycles. The minimum absolute atomic E-state index is 0.237. The Morgan fingerprint density at radius 1 is 1.32 bits per heavy atom. The summed E-state index contributed by atoms with van der Waals surface area (Å²) >= 11 is 0. The van der Waals surface area contributed by atoms with Gasteiger partial charge < -0.3 is 15.5 Å². The van der Waals surface area contributed by atoms with Crippen LogP contribution in [-0.2, 0) is 0 Å². The molecule has 0 bridgehead atoms. The third kappa shape index (κ3) is 2.01. The molecule has 96 valence electrons. The van der Waals surface area contributed by atoms with Crippen LogP contribution in [0.25, 0.3) is 10.9 Å². The molecule has 0 aliphatic rings. The first-order valence-corrected chi connectivity index (χ1v) is 5.60. The molecule has 4 N–H and O–H groups in total. The van der Waals surface area contributed by atoms with Crippen molar-refractivity contribution in [3.8, 4) is 11.6 Å². The Kier molecular flexibility index (Phi) is 2.45. The van der Waals surface area contributed by atoms with Gasteiger partial charge in [-0.2, -0.15) is 0 Å². The van der Waals surface area contributed by atoms with Crippen molar-refractivity contribution in [3.63, 3.8) is 0 Å². The molecule has 0 unspecified atom stereocenters. The second-order valence-electron chi connectivity index (χ2n) is 4.13. The Morgan fingerprint density at radius 2 is 2.16 bits per heavy atom. The van der Waals surface area contributed by atoms with Gasteiger partial charge in [0.15, 0.2) is 5.75 Å². The van der Waals surface area contributed by atoms with E-state index in [2.05, 4.69) is 20.2 Å². The lowest BCUT2D eigenvalue weighted by molar-refractivity contribution is 0.464. The van der Waals surface area contributed by atoms with Crippen molar-refractivity contribution < 1.29 is 4.74 Å². The molecule has 0 aliphatic heterocycles. The van der Waals surface area contributed by atoms with Gasteiger partial charge in [-0.05, 0) is 13.0 Å². The number of fused-ring (bicyclic) bond motifs is 1. The number of anilines is 1. The van der Waals surface area contributed by atoms with Crippen LogP contribution < -0.4 is 16.0 Å². The zero-order valence-corrected chi connectivity index (χ0v) is 10.1. The SMILES string of the molecule is Cc1cc(Oc2cc3nc[nH]c(=O)c3cc2N)n[nH]1. The zero-order chi connectivity index (χ0) is 13.4. The van der Waals surface area contributed by atoms with Crippen LogP contribution in [-0.4, -0.2) is 20.2 Å². The molecule has 0 saturated heterocycles. The predicted octanol–water partition coefficient (Wildman–Crippen LogP) is 1.33. The first-order valence-electron chi connectivity index (χ1n) is 5.60. The van der Waals surface area contributed by atoms with Gasteiger partial charge in [-0.3, -0.25) is 9.89 Å². The fourth-order valence-electron chi connectivity index (χ4n) is 1.76. The molecule has 3 aromatic rings. The summed E-state index contributed by atoms with van der Waals surface area (Å²) in [5.74, 6) is 0.825. The molecular weight excluding hydrogens is 246 g/mol. The number of nitrogens with one attached hydrogen (secondary N) is 2. The van der Waals surface area contributed by atoms with Crippen molar-refractivity contribution in [1.29, 1.82) is 0 Å². The van der Waals surface area contributed by atoms with E-state index in [1.165, 1.54) is 12.4 Å². The number of aryl methyl sites for hydroxylation is 1. The van der Waals surface area contributed by atoms with Gasteiger partial charge in [-0.1, -0.05) is 0 Å². The summed E-state index contributed by atoms with van der Waals surface area (Å²) in [6, 6.07) is 4.90. The highest BCUT2D eigenvalue weighted by Gasteiger charge is 2.09. The number of ether oxygens (including phenoxy) is 1. The Hall–Kier alpha value is -2.83. The fraction of sp³-hybridized carbons (Fsp3) is 0.0833. The summed E-state index contributed by atoms with van der Waals surface area (Å²) < 4.78 is 5.56. The number of aromatic nitrogens is 4. The van der Waals surface area contributed by atoms with Crippen molar-refractivity contribution in [2.75, 3.05) is 5.73 Å². The summed E-state index contributed by atoms with van der Waals surface area (Å²) in [7, 11) is 0. The number of nitrogens with two attached hydrogens (primary N) is 1. The summed E-state index contributed by atoms with van der Waals surface area (Å²) in [5, 5.41) is 7.15. The van der Waals surface area contributed by atoms with Crippen LogP contribution >= 0.6 is 0 Å². The number of nitrogen functional groups attached to an aromatic ring is 1. The summed E-state index contributed by atoms with van der Waals surface area (Å²) in [6.07, 6.45) is 1.34. The highest BCUT2D eigenvalue weighted by molar-refractivity contribution is 5.84. The standard InChI is InChI=1S/C12H11N5O2/c1-6-2-11(17-16-6)19-10-4-9-7(3-8(10)13)12(18)15-5-14-9/h2-5H,13H2,1H3,(H,16,17)(H,14,15,18). The van der Waals surface area contributed by atoms with Crippen molar-refractivity contribution in [2.24, 2.45) is 0 Å². The van der Waals surface area contributed by atoms with Crippen LogP contribution in [0.4, 0.5) is 5.69 Å². The molecule has 0 spiro atoms. The quantitative estimate of drug-likeness (QED) is 0.600. The van der Waals surface area contributed by atoms with Gasteiger partial charge in [0.1, 0.15) is 0 Å². The molecule has 0 aliphatic carbocycles. The number of rotatable bonds is 2. The highest BCUT2D eigenvalue weighted by Crippen LogP contribution is 2.29. The smallest absolute Gasteiger partial charge is 0.258 e. The van der Waals surface area contributed by atoms with Crippen molar-refractivity contribution in [3.05, 3.63) is 40.6 Å². The maximum absolute atomic E-state index is 11.6. The van der Waals surface area contributed by atoms with Crippen molar-refractivity contribution in [1.82, 2.24) is 20.2 Å². The van der Waals surface area contributed by atoms with Gasteiger partial charge in [-0.15, -0.1) is 5.10 Å². The molecular formula is C12H11N5O2. The fourth-order valence-corrected chi connectivity index (χ4v) is 1.76. The molecule has 2 aromatic heterocycles. The lowest BCUT2D eigenvalue weighted by Crippen LogP contribution is -2.07. The first-order chi connectivity index (χ1) is 9.13. The molecule has 0 fully saturated rings. The predicted molar refractivity (Wildman–Crippen MR) is 70.2 cm³/mol. The number of aromatic amines is 2. The second-order valence-corrected chi connectivity index (χ2v) is 4.13.